The largest absolute Gasteiger partial charge is 0.367 e. The van der Waals surface area contributed by atoms with E-state index in [1.807, 2.05) is 13.8 Å². The Hall–Kier alpha value is -0.740. The number of nitrogens with zero attached hydrogens (tertiary/aromatic N) is 1. The van der Waals surface area contributed by atoms with Gasteiger partial charge in [0.25, 0.3) is 0 Å². The van der Waals surface area contributed by atoms with Gasteiger partial charge < -0.3 is 9.72 Å². The minimum atomic E-state index is -0.333. The smallest absolute Gasteiger partial charge is 0.140 e. The number of nitrogens with one attached hydrogen (secondary N) is 1. The lowest BCUT2D eigenvalue weighted by molar-refractivity contribution is -0.0573. The molecule has 0 unspecified atom stereocenters. The molecule has 18 heavy (non-hydrogen) atoms. The Bertz CT molecular complexity index is 450. The zero-order chi connectivity index (χ0) is 13.8. The van der Waals surface area contributed by atoms with Gasteiger partial charge in [-0.05, 0) is 33.1 Å². The van der Waals surface area contributed by atoms with Gasteiger partial charge in [-0.3, -0.25) is 0 Å². The average molecular weight is 268 g/mol. The highest BCUT2D eigenvalue weighted by molar-refractivity contribution is 7.71. The molecular formula is C14H24N2OS. The first kappa shape index (κ1) is 15.3. The Balaban J connectivity index is 3.37. The zero-order valence-corrected chi connectivity index (χ0v) is 12.9. The molecule has 0 aliphatic rings. The molecule has 0 fully saturated rings. The number of H-pyrrole nitrogens is 1. The number of ether oxygens (including phenoxy) is 1. The molecule has 1 aromatic heterocycles. The number of rotatable bonds is 6. The molecule has 1 aromatic rings. The average Bonchev–Trinajstić information content (AvgIpc) is 2.39. The van der Waals surface area contributed by atoms with Crippen LogP contribution in [0, 0.1) is 11.6 Å². The number of hydrogen-bond acceptors (Lipinski definition) is 3. The fraction of sp³-hybridized carbons (Fsp3) is 0.714. The van der Waals surface area contributed by atoms with Crippen LogP contribution in [0.5, 0.6) is 0 Å². The van der Waals surface area contributed by atoms with Crippen LogP contribution in [-0.4, -0.2) is 16.6 Å². The summed E-state index contributed by atoms with van der Waals surface area (Å²) in [5.74, 6) is 0.877. The Labute approximate surface area is 115 Å². The molecule has 0 radical (unpaired) electrons. The zero-order valence-electron chi connectivity index (χ0n) is 12.1. The second kappa shape index (κ2) is 6.43. The Kier molecular flexibility index (Phi) is 5.47. The number of aromatic nitrogens is 2. The predicted octanol–water partition coefficient (Wildman–Crippen LogP) is 4.06. The van der Waals surface area contributed by atoms with E-state index in [4.69, 9.17) is 17.0 Å². The third-order valence-electron chi connectivity index (χ3n) is 3.60. The molecule has 102 valence electrons. The van der Waals surface area contributed by atoms with Gasteiger partial charge in [-0.2, -0.15) is 0 Å². The molecule has 0 aliphatic carbocycles. The van der Waals surface area contributed by atoms with Gasteiger partial charge >= 0.3 is 0 Å². The maximum atomic E-state index is 5.97. The first-order chi connectivity index (χ1) is 8.54. The number of aryl methyl sites for hydroxylation is 1. The van der Waals surface area contributed by atoms with Gasteiger partial charge in [-0.25, -0.2) is 4.98 Å². The van der Waals surface area contributed by atoms with E-state index in [-0.39, 0.29) is 5.60 Å². The van der Waals surface area contributed by atoms with Gasteiger partial charge in [0.15, 0.2) is 0 Å². The first-order valence-corrected chi connectivity index (χ1v) is 7.19. The van der Waals surface area contributed by atoms with Crippen LogP contribution >= 0.6 is 12.2 Å². The minimum Gasteiger partial charge on any atom is -0.367 e. The van der Waals surface area contributed by atoms with E-state index >= 15 is 0 Å². The highest BCUT2D eigenvalue weighted by atomic mass is 32.1. The molecule has 0 atom stereocenters. The summed E-state index contributed by atoms with van der Waals surface area (Å²) in [7, 11) is 0. The fourth-order valence-corrected chi connectivity index (χ4v) is 2.50. The third kappa shape index (κ3) is 2.81. The lowest BCUT2D eigenvalue weighted by Crippen LogP contribution is -2.31. The molecule has 0 aliphatic heterocycles. The van der Waals surface area contributed by atoms with Crippen molar-refractivity contribution in [3.8, 4) is 0 Å². The maximum Gasteiger partial charge on any atom is 0.140 e. The van der Waals surface area contributed by atoms with E-state index in [1.54, 1.807) is 0 Å². The highest BCUT2D eigenvalue weighted by Gasteiger charge is 2.32. The molecular weight excluding hydrogens is 244 g/mol. The molecule has 3 nitrogen and oxygen atoms in total. The molecule has 1 rings (SSSR count). The van der Waals surface area contributed by atoms with Crippen molar-refractivity contribution >= 4 is 12.2 Å². The topological polar surface area (TPSA) is 37.9 Å². The van der Waals surface area contributed by atoms with Crippen molar-refractivity contribution in [1.82, 2.24) is 9.97 Å². The highest BCUT2D eigenvalue weighted by Crippen LogP contribution is 2.31. The molecule has 0 aromatic carbocycles. The maximum absolute atomic E-state index is 5.97. The summed E-state index contributed by atoms with van der Waals surface area (Å²) in [6, 6.07) is 0. The van der Waals surface area contributed by atoms with Crippen molar-refractivity contribution in [2.24, 2.45) is 0 Å². The predicted molar refractivity (Wildman–Crippen MR) is 77.4 cm³/mol. The lowest BCUT2D eigenvalue weighted by Gasteiger charge is -2.31. The van der Waals surface area contributed by atoms with Gasteiger partial charge in [-0.15, -0.1) is 0 Å². The Morgan fingerprint density at radius 1 is 1.22 bits per heavy atom. The molecule has 1 heterocycles. The van der Waals surface area contributed by atoms with Crippen LogP contribution in [0.3, 0.4) is 0 Å². The van der Waals surface area contributed by atoms with Crippen molar-refractivity contribution in [3.05, 3.63) is 21.7 Å². The van der Waals surface area contributed by atoms with Crippen LogP contribution in [0.2, 0.25) is 0 Å². The molecule has 0 spiro atoms. The van der Waals surface area contributed by atoms with E-state index < -0.39 is 0 Å². The van der Waals surface area contributed by atoms with Crippen molar-refractivity contribution < 1.29 is 4.74 Å². The fourth-order valence-electron chi connectivity index (χ4n) is 2.28. The summed E-state index contributed by atoms with van der Waals surface area (Å²) >= 11 is 5.36. The lowest BCUT2D eigenvalue weighted by atomic mass is 9.95. The standard InChI is InChI=1S/C14H24N2OS/c1-6-11-10(5)12(18)16-13(15-11)14(7-2,8-3)17-9-4/h6-9H2,1-5H3,(H,15,16,18). The summed E-state index contributed by atoms with van der Waals surface area (Å²) in [5, 5.41) is 0. The van der Waals surface area contributed by atoms with Crippen molar-refractivity contribution in [2.75, 3.05) is 6.61 Å². The van der Waals surface area contributed by atoms with Gasteiger partial charge in [-0.1, -0.05) is 33.0 Å². The number of hydrogen-bond donors (Lipinski definition) is 1. The van der Waals surface area contributed by atoms with Gasteiger partial charge in [0.1, 0.15) is 16.1 Å². The summed E-state index contributed by atoms with van der Waals surface area (Å²) in [5.41, 5.74) is 1.91. The second-order valence-electron chi connectivity index (χ2n) is 4.48. The Morgan fingerprint density at radius 3 is 2.28 bits per heavy atom. The van der Waals surface area contributed by atoms with E-state index in [1.165, 1.54) is 0 Å². The minimum absolute atomic E-state index is 0.333. The normalized spacial score (nSPS) is 11.8. The SMILES string of the molecule is CCOC(CC)(CC)c1nc(=S)c(C)c(CC)[nH]1. The molecule has 0 saturated carbocycles. The molecule has 4 heteroatoms. The van der Waals surface area contributed by atoms with Gasteiger partial charge in [0, 0.05) is 17.9 Å². The van der Waals surface area contributed by atoms with E-state index in [0.29, 0.717) is 11.2 Å². The van der Waals surface area contributed by atoms with Crippen molar-refractivity contribution in [2.45, 2.75) is 59.5 Å². The van der Waals surface area contributed by atoms with Gasteiger partial charge in [0.2, 0.25) is 0 Å². The summed E-state index contributed by atoms with van der Waals surface area (Å²) in [6.07, 6.45) is 2.71. The first-order valence-electron chi connectivity index (χ1n) is 6.78. The van der Waals surface area contributed by atoms with Crippen LogP contribution in [0.4, 0.5) is 0 Å². The molecule has 0 saturated heterocycles. The third-order valence-corrected chi connectivity index (χ3v) is 4.00. The van der Waals surface area contributed by atoms with Crippen LogP contribution < -0.4 is 0 Å². The quantitative estimate of drug-likeness (QED) is 0.791. The van der Waals surface area contributed by atoms with E-state index in [0.717, 1.165) is 36.3 Å². The van der Waals surface area contributed by atoms with E-state index in [2.05, 4.69) is 30.7 Å². The van der Waals surface area contributed by atoms with Crippen molar-refractivity contribution in [3.63, 3.8) is 0 Å². The van der Waals surface area contributed by atoms with Gasteiger partial charge in [0.05, 0.1) is 0 Å². The van der Waals surface area contributed by atoms with Crippen LogP contribution in [0.1, 0.15) is 57.6 Å². The molecule has 1 N–H and O–H groups in total. The van der Waals surface area contributed by atoms with E-state index in [9.17, 15) is 0 Å². The summed E-state index contributed by atoms with van der Waals surface area (Å²) in [4.78, 5) is 7.98. The van der Waals surface area contributed by atoms with Crippen LogP contribution in [-0.2, 0) is 16.8 Å². The Morgan fingerprint density at radius 2 is 1.83 bits per heavy atom. The summed E-state index contributed by atoms with van der Waals surface area (Å²) < 4.78 is 6.65. The molecule has 0 amide bonds. The second-order valence-corrected chi connectivity index (χ2v) is 4.87. The van der Waals surface area contributed by atoms with Crippen LogP contribution in [0.25, 0.3) is 0 Å². The summed E-state index contributed by atoms with van der Waals surface area (Å²) in [6.45, 7) is 11.1. The van der Waals surface area contributed by atoms with Crippen molar-refractivity contribution in [1.29, 1.82) is 0 Å². The number of aromatic amines is 1. The molecule has 0 bridgehead atoms. The van der Waals surface area contributed by atoms with Crippen LogP contribution in [0.15, 0.2) is 0 Å². The monoisotopic (exact) mass is 268 g/mol.